The van der Waals surface area contributed by atoms with Crippen molar-refractivity contribution >= 4 is 23.5 Å². The number of hydrogen-bond acceptors (Lipinski definition) is 5. The van der Waals surface area contributed by atoms with E-state index in [2.05, 4.69) is 10.6 Å². The Morgan fingerprint density at radius 2 is 1.57 bits per heavy atom. The summed E-state index contributed by atoms with van der Waals surface area (Å²) in [5.41, 5.74) is 0.516. The van der Waals surface area contributed by atoms with Crippen LogP contribution in [0.25, 0.3) is 0 Å². The number of nitrogens with one attached hydrogen (secondary N) is 2. The van der Waals surface area contributed by atoms with Crippen molar-refractivity contribution in [2.75, 3.05) is 26.1 Å². The van der Waals surface area contributed by atoms with Crippen LogP contribution in [0.3, 0.4) is 0 Å². The second-order valence-corrected chi connectivity index (χ2v) is 7.28. The molecule has 2 aromatic carbocycles. The van der Waals surface area contributed by atoms with Crippen molar-refractivity contribution in [1.29, 1.82) is 0 Å². The normalized spacial score (nSPS) is 18.2. The van der Waals surface area contributed by atoms with Crippen LogP contribution in [0.1, 0.15) is 18.9 Å². The molecule has 0 unspecified atom stereocenters. The van der Waals surface area contributed by atoms with Crippen LogP contribution >= 0.6 is 0 Å². The van der Waals surface area contributed by atoms with E-state index in [0.717, 1.165) is 16.2 Å². The molecule has 0 aliphatic carbocycles. The summed E-state index contributed by atoms with van der Waals surface area (Å²) in [6.07, 6.45) is 1.01. The third-order valence-electron chi connectivity index (χ3n) is 5.09. The van der Waals surface area contributed by atoms with E-state index in [1.807, 2.05) is 24.3 Å². The molecule has 0 saturated carbocycles. The van der Waals surface area contributed by atoms with Gasteiger partial charge in [0.15, 0.2) is 0 Å². The van der Waals surface area contributed by atoms with E-state index in [1.54, 1.807) is 45.4 Å². The van der Waals surface area contributed by atoms with Gasteiger partial charge in [-0.05, 0) is 61.7 Å². The van der Waals surface area contributed by atoms with Gasteiger partial charge in [0.2, 0.25) is 5.91 Å². The van der Waals surface area contributed by atoms with Crippen molar-refractivity contribution in [3.8, 4) is 11.5 Å². The smallest absolute Gasteiger partial charge is 0.325 e. The van der Waals surface area contributed by atoms with Crippen LogP contribution in [0, 0.1) is 0 Å². The SMILES string of the molecule is COc1ccc(CC[C@@]2(C)NC(=O)N(CC(=O)Nc3ccc(OC)cc3)C2=O)cc1. The van der Waals surface area contributed by atoms with Gasteiger partial charge in [-0.3, -0.25) is 14.5 Å². The zero-order valence-corrected chi connectivity index (χ0v) is 17.2. The molecule has 2 aromatic rings. The van der Waals surface area contributed by atoms with Gasteiger partial charge in [0, 0.05) is 5.69 Å². The summed E-state index contributed by atoms with van der Waals surface area (Å²) in [5, 5.41) is 5.40. The molecule has 2 N–H and O–H groups in total. The minimum Gasteiger partial charge on any atom is -0.497 e. The van der Waals surface area contributed by atoms with Gasteiger partial charge in [0.25, 0.3) is 5.91 Å². The van der Waals surface area contributed by atoms with Gasteiger partial charge in [-0.25, -0.2) is 4.79 Å². The van der Waals surface area contributed by atoms with E-state index in [1.165, 1.54) is 0 Å². The van der Waals surface area contributed by atoms with Crippen molar-refractivity contribution < 1.29 is 23.9 Å². The van der Waals surface area contributed by atoms with E-state index in [4.69, 9.17) is 9.47 Å². The zero-order chi connectivity index (χ0) is 21.7. The lowest BCUT2D eigenvalue weighted by atomic mass is 9.93. The Balaban J connectivity index is 1.58. The van der Waals surface area contributed by atoms with Gasteiger partial charge < -0.3 is 20.1 Å². The second kappa shape index (κ2) is 8.86. The number of rotatable bonds is 8. The molecular weight excluding hydrogens is 386 g/mol. The van der Waals surface area contributed by atoms with Crippen LogP contribution in [-0.2, 0) is 16.0 Å². The lowest BCUT2D eigenvalue weighted by molar-refractivity contribution is -0.133. The molecule has 30 heavy (non-hydrogen) atoms. The summed E-state index contributed by atoms with van der Waals surface area (Å²) in [6.45, 7) is 1.33. The molecule has 3 rings (SSSR count). The minimum atomic E-state index is -1.06. The number of amides is 4. The summed E-state index contributed by atoms with van der Waals surface area (Å²) in [6, 6.07) is 13.8. The number of nitrogens with zero attached hydrogens (tertiary/aromatic N) is 1. The highest BCUT2D eigenvalue weighted by molar-refractivity contribution is 6.09. The fourth-order valence-electron chi connectivity index (χ4n) is 3.27. The molecular formula is C22H25N3O5. The number of imide groups is 1. The number of aryl methyl sites for hydroxylation is 1. The Kier molecular flexibility index (Phi) is 6.25. The average molecular weight is 411 g/mol. The molecule has 0 bridgehead atoms. The fraction of sp³-hybridized carbons (Fsp3) is 0.318. The maximum absolute atomic E-state index is 12.9. The molecule has 0 aromatic heterocycles. The molecule has 1 aliphatic heterocycles. The van der Waals surface area contributed by atoms with Crippen LogP contribution in [0.4, 0.5) is 10.5 Å². The number of urea groups is 1. The highest BCUT2D eigenvalue weighted by Gasteiger charge is 2.47. The lowest BCUT2D eigenvalue weighted by Crippen LogP contribution is -2.45. The molecule has 1 fully saturated rings. The number of ether oxygens (including phenoxy) is 2. The van der Waals surface area contributed by atoms with E-state index in [9.17, 15) is 14.4 Å². The predicted molar refractivity (Wildman–Crippen MR) is 112 cm³/mol. The number of methoxy groups -OCH3 is 2. The van der Waals surface area contributed by atoms with Crippen molar-refractivity contribution in [3.63, 3.8) is 0 Å². The van der Waals surface area contributed by atoms with Crippen molar-refractivity contribution in [2.24, 2.45) is 0 Å². The van der Waals surface area contributed by atoms with Gasteiger partial charge in [-0.1, -0.05) is 12.1 Å². The predicted octanol–water partition coefficient (Wildman–Crippen LogP) is 2.59. The number of carbonyl (C=O) groups is 3. The van der Waals surface area contributed by atoms with E-state index in [-0.39, 0.29) is 6.54 Å². The minimum absolute atomic E-state index is 0.352. The summed E-state index contributed by atoms with van der Waals surface area (Å²) in [5.74, 6) is 0.549. The lowest BCUT2D eigenvalue weighted by Gasteiger charge is -2.21. The van der Waals surface area contributed by atoms with Gasteiger partial charge in [-0.2, -0.15) is 0 Å². The molecule has 0 radical (unpaired) electrons. The van der Waals surface area contributed by atoms with Crippen molar-refractivity contribution in [3.05, 3.63) is 54.1 Å². The fourth-order valence-corrected chi connectivity index (χ4v) is 3.27. The standard InChI is InChI=1S/C22H25N3O5/c1-22(13-12-15-4-8-17(29-2)9-5-15)20(27)25(21(28)24-22)14-19(26)23-16-6-10-18(30-3)11-7-16/h4-11H,12-14H2,1-3H3,(H,23,26)(H,24,28)/t22-/m1/s1. The van der Waals surface area contributed by atoms with Crippen molar-refractivity contribution in [2.45, 2.75) is 25.3 Å². The van der Waals surface area contributed by atoms with Crippen LogP contribution < -0.4 is 20.1 Å². The van der Waals surface area contributed by atoms with Crippen LogP contribution in [0.15, 0.2) is 48.5 Å². The van der Waals surface area contributed by atoms with Gasteiger partial charge in [0.1, 0.15) is 23.6 Å². The molecule has 8 heteroatoms. The topological polar surface area (TPSA) is 97.0 Å². The molecule has 8 nitrogen and oxygen atoms in total. The van der Waals surface area contributed by atoms with Gasteiger partial charge in [0.05, 0.1) is 14.2 Å². The second-order valence-electron chi connectivity index (χ2n) is 7.28. The molecule has 1 saturated heterocycles. The monoisotopic (exact) mass is 411 g/mol. The molecule has 1 atom stereocenters. The van der Waals surface area contributed by atoms with Gasteiger partial charge in [-0.15, -0.1) is 0 Å². The van der Waals surface area contributed by atoms with E-state index >= 15 is 0 Å². The number of carbonyl (C=O) groups excluding carboxylic acids is 3. The number of anilines is 1. The quantitative estimate of drug-likeness (QED) is 0.651. The zero-order valence-electron chi connectivity index (χ0n) is 17.2. The maximum atomic E-state index is 12.9. The first kappa shape index (κ1) is 21.2. The Morgan fingerprint density at radius 1 is 1.00 bits per heavy atom. The summed E-state index contributed by atoms with van der Waals surface area (Å²) >= 11 is 0. The summed E-state index contributed by atoms with van der Waals surface area (Å²) < 4.78 is 10.2. The Hall–Kier alpha value is -3.55. The van der Waals surface area contributed by atoms with Crippen LogP contribution in [0.2, 0.25) is 0 Å². The number of hydrogen-bond donors (Lipinski definition) is 2. The third-order valence-corrected chi connectivity index (χ3v) is 5.09. The van der Waals surface area contributed by atoms with E-state index < -0.39 is 23.4 Å². The van der Waals surface area contributed by atoms with Crippen molar-refractivity contribution in [1.82, 2.24) is 10.2 Å². The first-order valence-electron chi connectivity index (χ1n) is 9.55. The highest BCUT2D eigenvalue weighted by Crippen LogP contribution is 2.24. The first-order chi connectivity index (χ1) is 14.3. The molecule has 4 amide bonds. The Labute approximate surface area is 175 Å². The Bertz CT molecular complexity index is 927. The maximum Gasteiger partial charge on any atom is 0.325 e. The van der Waals surface area contributed by atoms with E-state index in [0.29, 0.717) is 24.3 Å². The summed E-state index contributed by atoms with van der Waals surface area (Å²) in [4.78, 5) is 38.5. The first-order valence-corrected chi connectivity index (χ1v) is 9.55. The molecule has 0 spiro atoms. The van der Waals surface area contributed by atoms with Crippen LogP contribution in [0.5, 0.6) is 11.5 Å². The summed E-state index contributed by atoms with van der Waals surface area (Å²) in [7, 11) is 3.15. The third kappa shape index (κ3) is 4.71. The van der Waals surface area contributed by atoms with Crippen LogP contribution in [-0.4, -0.2) is 49.0 Å². The molecule has 158 valence electrons. The molecule has 1 heterocycles. The average Bonchev–Trinajstić information content (AvgIpc) is 2.96. The number of benzene rings is 2. The molecule has 1 aliphatic rings. The highest BCUT2D eigenvalue weighted by atomic mass is 16.5. The Morgan fingerprint density at radius 3 is 2.13 bits per heavy atom. The largest absolute Gasteiger partial charge is 0.497 e. The van der Waals surface area contributed by atoms with Gasteiger partial charge >= 0.3 is 6.03 Å².